The van der Waals surface area contributed by atoms with Gasteiger partial charge in [0, 0.05) is 0 Å². The van der Waals surface area contributed by atoms with E-state index < -0.39 is 0 Å². The van der Waals surface area contributed by atoms with Crippen LogP contribution in [0.3, 0.4) is 0 Å². The van der Waals surface area contributed by atoms with Gasteiger partial charge >= 0.3 is 0 Å². The molecule has 1 aliphatic heterocycles. The Morgan fingerprint density at radius 3 is 3.56 bits per heavy atom. The summed E-state index contributed by atoms with van der Waals surface area (Å²) < 4.78 is 0. The van der Waals surface area contributed by atoms with Gasteiger partial charge in [-0.25, -0.2) is 0 Å². The van der Waals surface area contributed by atoms with E-state index in [1.807, 2.05) is 6.21 Å². The SMILES string of the molecule is C1=CCC2NN=CC2=C1. The fourth-order valence-electron chi connectivity index (χ4n) is 1.11. The van der Waals surface area contributed by atoms with Crippen LogP contribution in [0.4, 0.5) is 0 Å². The van der Waals surface area contributed by atoms with E-state index in [-0.39, 0.29) is 0 Å². The highest BCUT2D eigenvalue weighted by atomic mass is 15.3. The summed E-state index contributed by atoms with van der Waals surface area (Å²) in [6, 6.07) is 0.468. The van der Waals surface area contributed by atoms with Crippen LogP contribution in [0.25, 0.3) is 0 Å². The number of fused-ring (bicyclic) bond motifs is 1. The van der Waals surface area contributed by atoms with Crippen molar-refractivity contribution in [2.45, 2.75) is 12.5 Å². The van der Waals surface area contributed by atoms with Gasteiger partial charge in [-0.2, -0.15) is 5.10 Å². The van der Waals surface area contributed by atoms with E-state index in [9.17, 15) is 0 Å². The molecule has 0 spiro atoms. The first-order valence-electron chi connectivity index (χ1n) is 3.12. The van der Waals surface area contributed by atoms with Crippen LogP contribution in [0.1, 0.15) is 6.42 Å². The molecule has 0 saturated carbocycles. The number of nitrogens with zero attached hydrogens (tertiary/aromatic N) is 1. The molecule has 2 heteroatoms. The van der Waals surface area contributed by atoms with Crippen LogP contribution in [-0.4, -0.2) is 12.3 Å². The summed E-state index contributed by atoms with van der Waals surface area (Å²) in [7, 11) is 0. The molecular formula is C7H8N2. The Morgan fingerprint density at radius 2 is 2.67 bits per heavy atom. The third kappa shape index (κ3) is 0.669. The van der Waals surface area contributed by atoms with Gasteiger partial charge in [-0.1, -0.05) is 18.2 Å². The number of allylic oxidation sites excluding steroid dienone is 2. The first kappa shape index (κ1) is 4.79. The molecular weight excluding hydrogens is 112 g/mol. The van der Waals surface area contributed by atoms with Crippen molar-refractivity contribution in [3.63, 3.8) is 0 Å². The lowest BCUT2D eigenvalue weighted by Gasteiger charge is -2.10. The van der Waals surface area contributed by atoms with Gasteiger partial charge in [-0.05, 0) is 12.0 Å². The molecule has 1 atom stereocenters. The first-order valence-corrected chi connectivity index (χ1v) is 3.12. The van der Waals surface area contributed by atoms with Gasteiger partial charge in [0.15, 0.2) is 0 Å². The zero-order valence-electron chi connectivity index (χ0n) is 5.04. The van der Waals surface area contributed by atoms with Crippen LogP contribution in [0.5, 0.6) is 0 Å². The second-order valence-corrected chi connectivity index (χ2v) is 2.27. The molecule has 1 unspecified atom stereocenters. The third-order valence-electron chi connectivity index (χ3n) is 1.64. The van der Waals surface area contributed by atoms with Crippen LogP contribution in [0.15, 0.2) is 28.9 Å². The summed E-state index contributed by atoms with van der Waals surface area (Å²) in [5.41, 5.74) is 4.31. The lowest BCUT2D eigenvalue weighted by Crippen LogP contribution is -2.21. The van der Waals surface area contributed by atoms with Crippen molar-refractivity contribution >= 4 is 6.21 Å². The quantitative estimate of drug-likeness (QED) is 0.503. The Morgan fingerprint density at radius 1 is 1.67 bits per heavy atom. The maximum atomic E-state index is 3.94. The number of hydrogen-bond donors (Lipinski definition) is 1. The van der Waals surface area contributed by atoms with Gasteiger partial charge < -0.3 is 5.43 Å². The molecule has 0 fully saturated rings. The van der Waals surface area contributed by atoms with Crippen molar-refractivity contribution in [2.75, 3.05) is 0 Å². The van der Waals surface area contributed by atoms with Crippen molar-refractivity contribution in [3.8, 4) is 0 Å². The average molecular weight is 120 g/mol. The molecule has 0 aromatic rings. The Kier molecular flexibility index (Phi) is 0.918. The summed E-state index contributed by atoms with van der Waals surface area (Å²) in [6.45, 7) is 0. The van der Waals surface area contributed by atoms with Crippen LogP contribution >= 0.6 is 0 Å². The Hall–Kier alpha value is -1.05. The maximum Gasteiger partial charge on any atom is 0.0739 e. The van der Waals surface area contributed by atoms with Crippen molar-refractivity contribution in [3.05, 3.63) is 23.8 Å². The molecule has 2 aliphatic rings. The second kappa shape index (κ2) is 1.72. The molecule has 0 amide bonds. The number of nitrogens with one attached hydrogen (secondary N) is 1. The zero-order chi connectivity index (χ0) is 6.10. The first-order chi connectivity index (χ1) is 4.47. The highest BCUT2D eigenvalue weighted by molar-refractivity contribution is 5.83. The van der Waals surface area contributed by atoms with Crippen LogP contribution in [-0.2, 0) is 0 Å². The van der Waals surface area contributed by atoms with E-state index in [0.29, 0.717) is 6.04 Å². The Balaban J connectivity index is 2.31. The van der Waals surface area contributed by atoms with E-state index in [1.165, 1.54) is 5.57 Å². The highest BCUT2D eigenvalue weighted by Crippen LogP contribution is 2.14. The summed E-state index contributed by atoms with van der Waals surface area (Å²) >= 11 is 0. The predicted molar refractivity (Wildman–Crippen MR) is 37.3 cm³/mol. The number of hydrazone groups is 1. The largest absolute Gasteiger partial charge is 0.302 e. The predicted octanol–water partition coefficient (Wildman–Crippen LogP) is 0.830. The monoisotopic (exact) mass is 120 g/mol. The molecule has 9 heavy (non-hydrogen) atoms. The molecule has 0 saturated heterocycles. The summed E-state index contributed by atoms with van der Waals surface area (Å²) in [5, 5.41) is 3.94. The molecule has 1 aliphatic carbocycles. The molecule has 0 radical (unpaired) electrons. The van der Waals surface area contributed by atoms with E-state index in [0.717, 1.165) is 6.42 Å². The lowest BCUT2D eigenvalue weighted by atomic mass is 10.0. The van der Waals surface area contributed by atoms with Gasteiger partial charge in [-0.15, -0.1) is 0 Å². The van der Waals surface area contributed by atoms with Gasteiger partial charge in [0.2, 0.25) is 0 Å². The lowest BCUT2D eigenvalue weighted by molar-refractivity contribution is 0.643. The number of rotatable bonds is 0. The minimum atomic E-state index is 0.468. The molecule has 2 nitrogen and oxygen atoms in total. The fourth-order valence-corrected chi connectivity index (χ4v) is 1.11. The average Bonchev–Trinajstić information content (AvgIpc) is 2.33. The summed E-state index contributed by atoms with van der Waals surface area (Å²) in [6.07, 6.45) is 9.28. The molecule has 0 bridgehead atoms. The standard InChI is InChI=1S/C7H8N2/c1-2-4-7-6(3-1)5-8-9-7/h1-3,5,7,9H,4H2. The van der Waals surface area contributed by atoms with E-state index >= 15 is 0 Å². The zero-order valence-corrected chi connectivity index (χ0v) is 5.04. The number of hydrogen-bond acceptors (Lipinski definition) is 2. The van der Waals surface area contributed by atoms with Crippen molar-refractivity contribution < 1.29 is 0 Å². The second-order valence-electron chi connectivity index (χ2n) is 2.27. The van der Waals surface area contributed by atoms with Crippen LogP contribution < -0.4 is 5.43 Å². The van der Waals surface area contributed by atoms with Gasteiger partial charge in [0.1, 0.15) is 0 Å². The summed E-state index contributed by atoms with van der Waals surface area (Å²) in [5.74, 6) is 0. The molecule has 0 aromatic carbocycles. The molecule has 0 aromatic heterocycles. The van der Waals surface area contributed by atoms with Gasteiger partial charge in [0.25, 0.3) is 0 Å². The molecule has 1 heterocycles. The van der Waals surface area contributed by atoms with Crippen molar-refractivity contribution in [2.24, 2.45) is 5.10 Å². The van der Waals surface area contributed by atoms with E-state index in [4.69, 9.17) is 0 Å². The molecule has 46 valence electrons. The minimum absolute atomic E-state index is 0.468. The highest BCUT2D eigenvalue weighted by Gasteiger charge is 2.15. The molecule has 1 N–H and O–H groups in total. The third-order valence-corrected chi connectivity index (χ3v) is 1.64. The van der Waals surface area contributed by atoms with Crippen molar-refractivity contribution in [1.82, 2.24) is 5.43 Å². The fraction of sp³-hybridized carbons (Fsp3) is 0.286. The van der Waals surface area contributed by atoms with E-state index in [2.05, 4.69) is 28.8 Å². The summed E-state index contributed by atoms with van der Waals surface area (Å²) in [4.78, 5) is 0. The van der Waals surface area contributed by atoms with Crippen molar-refractivity contribution in [1.29, 1.82) is 0 Å². The van der Waals surface area contributed by atoms with E-state index in [1.54, 1.807) is 0 Å². The maximum absolute atomic E-state index is 3.94. The van der Waals surface area contributed by atoms with Crippen LogP contribution in [0, 0.1) is 0 Å². The molecule has 2 rings (SSSR count). The van der Waals surface area contributed by atoms with Gasteiger partial charge in [0.05, 0.1) is 12.3 Å². The Bertz CT molecular complexity index is 201. The minimum Gasteiger partial charge on any atom is -0.302 e. The smallest absolute Gasteiger partial charge is 0.0739 e. The van der Waals surface area contributed by atoms with Gasteiger partial charge in [-0.3, -0.25) is 0 Å². The normalized spacial score (nSPS) is 29.3. The van der Waals surface area contributed by atoms with Crippen LogP contribution in [0.2, 0.25) is 0 Å². The Labute approximate surface area is 54.0 Å². The topological polar surface area (TPSA) is 24.4 Å².